The summed E-state index contributed by atoms with van der Waals surface area (Å²) in [6.07, 6.45) is -3.30. The summed E-state index contributed by atoms with van der Waals surface area (Å²) in [4.78, 5) is 9.96. The Balaban J connectivity index is 3.62. The molecule has 0 aromatic carbocycles. The average Bonchev–Trinajstić information content (AvgIpc) is 1.86. The third-order valence-corrected chi connectivity index (χ3v) is 0.787. The van der Waals surface area contributed by atoms with Gasteiger partial charge in [-0.25, -0.2) is 4.79 Å². The molecule has 0 saturated heterocycles. The van der Waals surface area contributed by atoms with E-state index in [1.807, 2.05) is 0 Å². The molecule has 0 heterocycles. The number of carbonyl (C=O) groups excluding carboxylic acids is 1. The van der Waals surface area contributed by atoms with Gasteiger partial charge < -0.3 is 4.74 Å². The summed E-state index contributed by atoms with van der Waals surface area (Å²) in [7, 11) is 0. The van der Waals surface area contributed by atoms with E-state index in [0.717, 1.165) is 0 Å². The van der Waals surface area contributed by atoms with E-state index in [-0.39, 0.29) is 13.0 Å². The van der Waals surface area contributed by atoms with Gasteiger partial charge in [0.15, 0.2) is 0 Å². The molecule has 5 heteroatoms. The van der Waals surface area contributed by atoms with Gasteiger partial charge in [0.1, 0.15) is 0 Å². The van der Waals surface area contributed by atoms with E-state index >= 15 is 0 Å². The second-order valence-corrected chi connectivity index (χ2v) is 1.71. The lowest BCUT2D eigenvalue weighted by Gasteiger charge is -2.04. The average molecular weight is 168 g/mol. The molecule has 0 aliphatic heterocycles. The number of carbonyl (C=O) groups is 1. The fraction of sp³-hybridized carbons (Fsp3) is 0.500. The maximum absolute atomic E-state index is 11.4. The molecule has 0 N–H and O–H groups in total. The topological polar surface area (TPSA) is 26.3 Å². The van der Waals surface area contributed by atoms with Crippen LogP contribution in [0, 0.1) is 0 Å². The van der Waals surface area contributed by atoms with Gasteiger partial charge in [0.25, 0.3) is 0 Å². The number of halogens is 3. The van der Waals surface area contributed by atoms with Crippen LogP contribution in [0.2, 0.25) is 0 Å². The van der Waals surface area contributed by atoms with Crippen LogP contribution in [0.1, 0.15) is 6.42 Å². The molecule has 0 aliphatic rings. The van der Waals surface area contributed by atoms with Gasteiger partial charge in [-0.05, 0) is 6.42 Å². The highest BCUT2D eigenvalue weighted by atomic mass is 19.4. The van der Waals surface area contributed by atoms with Crippen LogP contribution < -0.4 is 0 Å². The fourth-order valence-corrected chi connectivity index (χ4v) is 0.317. The van der Waals surface area contributed by atoms with Gasteiger partial charge in [0, 0.05) is 0 Å². The van der Waals surface area contributed by atoms with E-state index in [4.69, 9.17) is 0 Å². The van der Waals surface area contributed by atoms with Gasteiger partial charge in [0.05, 0.1) is 6.61 Å². The van der Waals surface area contributed by atoms with Crippen LogP contribution in [0.25, 0.3) is 0 Å². The van der Waals surface area contributed by atoms with Crippen molar-refractivity contribution in [1.82, 2.24) is 0 Å². The molecule has 0 aromatic heterocycles. The van der Waals surface area contributed by atoms with Gasteiger partial charge >= 0.3 is 12.1 Å². The van der Waals surface area contributed by atoms with E-state index in [9.17, 15) is 18.0 Å². The molecule has 0 saturated carbocycles. The van der Waals surface area contributed by atoms with Crippen LogP contribution in [0.3, 0.4) is 0 Å². The summed E-state index contributed by atoms with van der Waals surface area (Å²) in [6.45, 7) is 2.97. The Morgan fingerprint density at radius 3 is 2.45 bits per heavy atom. The number of rotatable bonds is 3. The molecule has 0 unspecified atom stereocenters. The van der Waals surface area contributed by atoms with Gasteiger partial charge in [-0.1, -0.05) is 6.08 Å². The van der Waals surface area contributed by atoms with Crippen molar-refractivity contribution >= 4 is 5.97 Å². The Morgan fingerprint density at radius 1 is 1.55 bits per heavy atom. The second-order valence-electron chi connectivity index (χ2n) is 1.71. The summed E-state index contributed by atoms with van der Waals surface area (Å²) in [5, 5.41) is 0. The minimum absolute atomic E-state index is 0.224. The molecule has 11 heavy (non-hydrogen) atoms. The first-order valence-electron chi connectivity index (χ1n) is 2.83. The lowest BCUT2D eigenvalue weighted by Crippen LogP contribution is -2.25. The number of alkyl halides is 3. The van der Waals surface area contributed by atoms with Crippen LogP contribution in [-0.4, -0.2) is 18.8 Å². The van der Waals surface area contributed by atoms with Gasteiger partial charge in [-0.2, -0.15) is 13.2 Å². The van der Waals surface area contributed by atoms with Crippen molar-refractivity contribution in [2.45, 2.75) is 12.6 Å². The smallest absolute Gasteiger partial charge is 0.459 e. The molecule has 0 bridgehead atoms. The third kappa shape index (κ3) is 4.41. The third-order valence-electron chi connectivity index (χ3n) is 0.787. The number of esters is 1. The number of ether oxygens (including phenoxy) is 1. The van der Waals surface area contributed by atoms with E-state index in [0.29, 0.717) is 0 Å². The number of hydrogen-bond acceptors (Lipinski definition) is 2. The molecule has 0 amide bonds. The first-order chi connectivity index (χ1) is 4.98. The van der Waals surface area contributed by atoms with Crippen molar-refractivity contribution in [2.75, 3.05) is 6.61 Å². The Hall–Kier alpha value is -1.00. The molecule has 0 aromatic rings. The second kappa shape index (κ2) is 4.00. The van der Waals surface area contributed by atoms with Crippen LogP contribution in [0.5, 0.6) is 0 Å². The molecular formula is C6H7F3O2. The number of hydrogen-bond donors (Lipinski definition) is 0. The summed E-state index contributed by atoms with van der Waals surface area (Å²) >= 11 is 0. The molecule has 0 aliphatic carbocycles. The molecule has 0 fully saturated rings. The Bertz CT molecular complexity index is 150. The van der Waals surface area contributed by atoms with E-state index in [2.05, 4.69) is 11.3 Å². The van der Waals surface area contributed by atoms with Gasteiger partial charge in [-0.15, -0.1) is 6.58 Å². The lowest BCUT2D eigenvalue weighted by molar-refractivity contribution is -0.199. The minimum Gasteiger partial charge on any atom is -0.459 e. The van der Waals surface area contributed by atoms with Crippen molar-refractivity contribution in [3.63, 3.8) is 0 Å². The zero-order valence-electron chi connectivity index (χ0n) is 5.65. The van der Waals surface area contributed by atoms with Crippen molar-refractivity contribution < 1.29 is 22.7 Å². The summed E-state index contributed by atoms with van der Waals surface area (Å²) < 4.78 is 37.9. The van der Waals surface area contributed by atoms with Crippen molar-refractivity contribution in [2.24, 2.45) is 0 Å². The quantitative estimate of drug-likeness (QED) is 0.364. The SMILES string of the molecule is C=CCCOC(=O)C(F)(F)F. The summed E-state index contributed by atoms with van der Waals surface area (Å²) in [6, 6.07) is 0. The normalized spacial score (nSPS) is 10.8. The zero-order chi connectivity index (χ0) is 8.91. The molecule has 0 spiro atoms. The maximum Gasteiger partial charge on any atom is 0.490 e. The first kappa shape index (κ1) is 10.0. The van der Waals surface area contributed by atoms with Crippen LogP contribution in [0.4, 0.5) is 13.2 Å². The molecule has 0 atom stereocenters. The van der Waals surface area contributed by atoms with E-state index in [1.165, 1.54) is 6.08 Å². The minimum atomic E-state index is -4.89. The van der Waals surface area contributed by atoms with E-state index in [1.54, 1.807) is 0 Å². The Labute approximate surface area is 61.6 Å². The molecular weight excluding hydrogens is 161 g/mol. The highest BCUT2D eigenvalue weighted by Crippen LogP contribution is 2.16. The molecule has 64 valence electrons. The highest BCUT2D eigenvalue weighted by Gasteiger charge is 2.40. The molecule has 0 rings (SSSR count). The lowest BCUT2D eigenvalue weighted by atomic mass is 10.4. The Kier molecular flexibility index (Phi) is 3.64. The first-order valence-corrected chi connectivity index (χ1v) is 2.83. The van der Waals surface area contributed by atoms with Crippen molar-refractivity contribution in [3.8, 4) is 0 Å². The zero-order valence-corrected chi connectivity index (χ0v) is 5.65. The van der Waals surface area contributed by atoms with Crippen LogP contribution in [-0.2, 0) is 9.53 Å². The van der Waals surface area contributed by atoms with Gasteiger partial charge in [-0.3, -0.25) is 0 Å². The van der Waals surface area contributed by atoms with Gasteiger partial charge in [0.2, 0.25) is 0 Å². The summed E-state index contributed by atoms with van der Waals surface area (Å²) in [5.41, 5.74) is 0. The maximum atomic E-state index is 11.4. The van der Waals surface area contributed by atoms with E-state index < -0.39 is 12.1 Å². The molecule has 0 radical (unpaired) electrons. The highest BCUT2D eigenvalue weighted by molar-refractivity contribution is 5.75. The monoisotopic (exact) mass is 168 g/mol. The molecule has 2 nitrogen and oxygen atoms in total. The standard InChI is InChI=1S/C6H7F3O2/c1-2-3-4-11-5(10)6(7,8)9/h2H,1,3-4H2. The van der Waals surface area contributed by atoms with Crippen LogP contribution in [0.15, 0.2) is 12.7 Å². The fourth-order valence-electron chi connectivity index (χ4n) is 0.317. The van der Waals surface area contributed by atoms with Crippen molar-refractivity contribution in [1.29, 1.82) is 0 Å². The largest absolute Gasteiger partial charge is 0.490 e. The van der Waals surface area contributed by atoms with Crippen LogP contribution >= 0.6 is 0 Å². The summed E-state index contributed by atoms with van der Waals surface area (Å²) in [5.74, 6) is -2.15. The van der Waals surface area contributed by atoms with Crippen molar-refractivity contribution in [3.05, 3.63) is 12.7 Å². The Morgan fingerprint density at radius 2 is 2.09 bits per heavy atom. The predicted molar refractivity (Wildman–Crippen MR) is 31.8 cm³/mol. The predicted octanol–water partition coefficient (Wildman–Crippen LogP) is 1.67.